The van der Waals surface area contributed by atoms with Crippen molar-refractivity contribution in [3.8, 4) is 5.75 Å². The van der Waals surface area contributed by atoms with Crippen molar-refractivity contribution in [2.45, 2.75) is 43.8 Å². The second-order valence-corrected chi connectivity index (χ2v) is 12.3. The molecule has 1 aromatic carbocycles. The van der Waals surface area contributed by atoms with E-state index in [1.54, 1.807) is 49.8 Å². The van der Waals surface area contributed by atoms with E-state index in [9.17, 15) is 9.90 Å². The largest absolute Gasteiger partial charge is 0.489 e. The first-order valence-electron chi connectivity index (χ1n) is 14.2. The molecule has 13 heteroatoms. The number of pyridine rings is 1. The number of aromatic nitrogens is 2. The fourth-order valence-corrected chi connectivity index (χ4v) is 6.61. The molecule has 3 aliphatic rings. The zero-order chi connectivity index (χ0) is 31.0. The summed E-state index contributed by atoms with van der Waals surface area (Å²) < 4.78 is 16.8. The zero-order valence-electron chi connectivity index (χ0n) is 24.2. The summed E-state index contributed by atoms with van der Waals surface area (Å²) in [5, 5.41) is 18.7. The summed E-state index contributed by atoms with van der Waals surface area (Å²) in [6.45, 7) is 1.55. The molecule has 0 amide bonds. The minimum absolute atomic E-state index is 0.170. The Bertz CT molecular complexity index is 1630. The van der Waals surface area contributed by atoms with Crippen molar-refractivity contribution in [1.29, 1.82) is 0 Å². The van der Waals surface area contributed by atoms with Crippen LogP contribution < -0.4 is 9.64 Å². The smallest absolute Gasteiger partial charge is 0.338 e. The fourth-order valence-electron chi connectivity index (χ4n) is 5.59. The highest BCUT2D eigenvalue weighted by Gasteiger charge is 2.37. The molecular weight excluding hydrogens is 631 g/mol. The predicted octanol–water partition coefficient (Wildman–Crippen LogP) is 6.36. The van der Waals surface area contributed by atoms with Crippen LogP contribution in [-0.4, -0.2) is 60.1 Å². The molecule has 1 aliphatic carbocycles. The van der Waals surface area contributed by atoms with Gasteiger partial charge in [-0.15, -0.1) is 0 Å². The third-order valence-electron chi connectivity index (χ3n) is 8.21. The second-order valence-electron chi connectivity index (χ2n) is 11.0. The summed E-state index contributed by atoms with van der Waals surface area (Å²) in [5.74, 6) is 1.82. The molecule has 2 aliphatic heterocycles. The molecule has 0 bridgehead atoms. The number of nitrogens with zero attached hydrogens (tertiary/aromatic N) is 4. The lowest BCUT2D eigenvalue weighted by Gasteiger charge is -2.39. The van der Waals surface area contributed by atoms with Crippen molar-refractivity contribution in [3.05, 3.63) is 86.0 Å². The van der Waals surface area contributed by atoms with Gasteiger partial charge in [-0.2, -0.15) is 0 Å². The fraction of sp³-hybridized carbons (Fsp3) is 0.387. The van der Waals surface area contributed by atoms with Gasteiger partial charge in [0.15, 0.2) is 0 Å². The van der Waals surface area contributed by atoms with Gasteiger partial charge in [0.2, 0.25) is 0 Å². The summed E-state index contributed by atoms with van der Waals surface area (Å²) in [6, 6.07) is 8.62. The van der Waals surface area contributed by atoms with Gasteiger partial charge in [-0.05, 0) is 49.9 Å². The van der Waals surface area contributed by atoms with Crippen LogP contribution in [0.1, 0.15) is 64.5 Å². The highest BCUT2D eigenvalue weighted by Crippen LogP contribution is 2.46. The van der Waals surface area contributed by atoms with E-state index < -0.39 is 11.6 Å². The van der Waals surface area contributed by atoms with Crippen LogP contribution in [0.4, 0.5) is 5.82 Å². The van der Waals surface area contributed by atoms with Crippen LogP contribution in [0.3, 0.4) is 0 Å². The number of methoxy groups -OCH3 is 1. The molecule has 3 aromatic rings. The monoisotopic (exact) mass is 660 g/mol. The van der Waals surface area contributed by atoms with Crippen LogP contribution in [0.2, 0.25) is 5.02 Å². The average molecular weight is 662 g/mol. The minimum atomic E-state index is -1.13. The first kappa shape index (κ1) is 30.7. The van der Waals surface area contributed by atoms with Crippen molar-refractivity contribution in [2.75, 3.05) is 38.8 Å². The maximum absolute atomic E-state index is 11.9. The highest BCUT2D eigenvalue weighted by atomic mass is 35.5. The van der Waals surface area contributed by atoms with Crippen molar-refractivity contribution >= 4 is 52.2 Å². The lowest BCUT2D eigenvalue weighted by molar-refractivity contribution is -0.0798. The lowest BCUT2D eigenvalue weighted by atomic mass is 9.84. The first-order valence-corrected chi connectivity index (χ1v) is 15.3. The number of rotatable bonds is 9. The number of anilines is 1. The van der Waals surface area contributed by atoms with Crippen molar-refractivity contribution < 1.29 is 28.7 Å². The quantitative estimate of drug-likeness (QED) is 0.260. The number of hydrogen-bond acceptors (Lipinski definition) is 10. The molecule has 0 atom stereocenters. The first-order chi connectivity index (χ1) is 21.2. The lowest BCUT2D eigenvalue weighted by Crippen LogP contribution is -2.43. The Morgan fingerprint density at radius 3 is 2.57 bits per heavy atom. The topological polar surface area (TPSA) is 110 Å². The maximum atomic E-state index is 11.9. The van der Waals surface area contributed by atoms with Crippen LogP contribution in [-0.2, 0) is 21.8 Å². The molecule has 1 saturated carbocycles. The summed E-state index contributed by atoms with van der Waals surface area (Å²) in [7, 11) is 2.88. The molecular formula is C31H31Cl3N4O6. The number of allylic oxidation sites excluding steroid dienone is 2. The molecule has 2 fully saturated rings. The number of ether oxygens (including phenoxy) is 2. The van der Waals surface area contributed by atoms with Gasteiger partial charge < -0.3 is 24.0 Å². The minimum Gasteiger partial charge on any atom is -0.489 e. The normalized spacial score (nSPS) is 18.4. The average Bonchev–Trinajstić information content (AvgIpc) is 3.79. The van der Waals surface area contributed by atoms with Gasteiger partial charge in [-0.1, -0.05) is 46.0 Å². The van der Waals surface area contributed by atoms with Crippen LogP contribution in [0.25, 0.3) is 5.57 Å². The van der Waals surface area contributed by atoms with E-state index in [0.717, 1.165) is 24.2 Å². The van der Waals surface area contributed by atoms with Gasteiger partial charge in [0.25, 0.3) is 0 Å². The Morgan fingerprint density at radius 1 is 1.14 bits per heavy atom. The molecule has 44 heavy (non-hydrogen) atoms. The van der Waals surface area contributed by atoms with E-state index in [4.69, 9.17) is 53.6 Å². The summed E-state index contributed by atoms with van der Waals surface area (Å²) >= 11 is 19.9. The van der Waals surface area contributed by atoms with E-state index in [1.807, 2.05) is 4.90 Å². The van der Waals surface area contributed by atoms with E-state index in [-0.39, 0.29) is 12.5 Å². The molecule has 6 rings (SSSR count). The third-order valence-corrected chi connectivity index (χ3v) is 9.11. The number of benzene rings is 1. The number of carbonyl (C=O) groups excluding carboxylic acids is 1. The molecule has 232 valence electrons. The third kappa shape index (κ3) is 6.14. The highest BCUT2D eigenvalue weighted by molar-refractivity contribution is 6.42. The summed E-state index contributed by atoms with van der Waals surface area (Å²) in [4.78, 5) is 23.6. The SMILES string of the molecule is COC(=O)c1ccnc(N2CCC(O)(c3ccc(OCc4c(C5=C(Cl)CN(OC)C=C5Cl)noc4C4CC4)cc3Cl)CC2)c1. The Labute approximate surface area is 269 Å². The van der Waals surface area contributed by atoms with Gasteiger partial charge in [-0.25, -0.2) is 9.78 Å². The standard InChI is InChI=1S/C31H31Cl3N4O6/c1-41-30(39)19-7-10-35-26(13-19)37-11-8-31(40,9-12-37)22-6-5-20(14-23(22)32)43-17-21-28(36-44-29(21)18-3-4-18)27-24(33)15-38(42-2)16-25(27)34/h5-7,10,13-15,18,40H,3-4,8-9,11-12,16-17H2,1-2H3. The van der Waals surface area contributed by atoms with Gasteiger partial charge >= 0.3 is 5.97 Å². The molecule has 1 N–H and O–H groups in total. The zero-order valence-corrected chi connectivity index (χ0v) is 26.5. The molecule has 2 aromatic heterocycles. The molecule has 0 unspecified atom stereocenters. The Kier molecular flexibility index (Phi) is 8.81. The molecule has 0 spiro atoms. The second kappa shape index (κ2) is 12.6. The van der Waals surface area contributed by atoms with Crippen LogP contribution in [0, 0.1) is 0 Å². The summed E-state index contributed by atoms with van der Waals surface area (Å²) in [6.07, 6.45) is 6.11. The molecule has 4 heterocycles. The number of piperidine rings is 1. The number of halogens is 3. The number of hydrogen-bond donors (Lipinski definition) is 1. The van der Waals surface area contributed by atoms with E-state index >= 15 is 0 Å². The predicted molar refractivity (Wildman–Crippen MR) is 166 cm³/mol. The van der Waals surface area contributed by atoms with Gasteiger partial charge in [0.1, 0.15) is 29.6 Å². The van der Waals surface area contributed by atoms with Crippen molar-refractivity contribution in [1.82, 2.24) is 15.2 Å². The number of carbonyl (C=O) groups is 1. The number of esters is 1. The van der Waals surface area contributed by atoms with E-state index in [1.165, 1.54) is 12.2 Å². The molecule has 0 radical (unpaired) electrons. The van der Waals surface area contributed by atoms with Crippen LogP contribution in [0.5, 0.6) is 5.75 Å². The van der Waals surface area contributed by atoms with Crippen LogP contribution >= 0.6 is 34.8 Å². The van der Waals surface area contributed by atoms with Gasteiger partial charge in [0.05, 0.1) is 52.6 Å². The van der Waals surface area contributed by atoms with Gasteiger partial charge in [-0.3, -0.25) is 9.90 Å². The van der Waals surface area contributed by atoms with E-state index in [0.29, 0.717) is 81.5 Å². The Hall–Kier alpha value is -3.28. The Morgan fingerprint density at radius 2 is 1.91 bits per heavy atom. The van der Waals surface area contributed by atoms with Gasteiger partial charge in [0, 0.05) is 42.5 Å². The number of hydroxylamine groups is 2. The van der Waals surface area contributed by atoms with E-state index in [2.05, 4.69) is 10.1 Å². The molecule has 1 saturated heterocycles. The summed E-state index contributed by atoms with van der Waals surface area (Å²) in [5.41, 5.74) is 1.85. The Balaban J connectivity index is 1.16. The maximum Gasteiger partial charge on any atom is 0.338 e. The van der Waals surface area contributed by atoms with Crippen LogP contribution in [0.15, 0.2) is 57.3 Å². The van der Waals surface area contributed by atoms with Crippen molar-refractivity contribution in [2.24, 2.45) is 0 Å². The van der Waals surface area contributed by atoms with Crippen molar-refractivity contribution in [3.63, 3.8) is 0 Å². The number of aliphatic hydroxyl groups is 1. The molecule has 10 nitrogen and oxygen atoms in total.